The van der Waals surface area contributed by atoms with E-state index in [1.807, 2.05) is 63.7 Å². The largest absolute Gasteiger partial charge is 0.453 e. The van der Waals surface area contributed by atoms with Crippen LogP contribution in [0.5, 0.6) is 0 Å². The van der Waals surface area contributed by atoms with Crippen LogP contribution in [0.25, 0.3) is 75.2 Å². The van der Waals surface area contributed by atoms with Crippen LogP contribution in [0.3, 0.4) is 0 Å². The zero-order valence-corrected chi connectivity index (χ0v) is 52.4. The number of thiophene rings is 2. The van der Waals surface area contributed by atoms with Crippen molar-refractivity contribution in [2.45, 2.75) is 123 Å². The number of carbonyl (C=O) groups is 6. The quantitative estimate of drug-likeness (QED) is 0.0400. The molecule has 3 aliphatic heterocycles. The molecule has 2 unspecified atom stereocenters. The summed E-state index contributed by atoms with van der Waals surface area (Å²) in [7, 11) is 1.29. The third-order valence-electron chi connectivity index (χ3n) is 17.2. The van der Waals surface area contributed by atoms with Gasteiger partial charge in [0, 0.05) is 58.3 Å². The maximum atomic E-state index is 13.9. The molecule has 3 aromatic carbocycles. The highest BCUT2D eigenvalue weighted by atomic mass is 32.1. The van der Waals surface area contributed by atoms with Gasteiger partial charge in [-0.05, 0) is 90.2 Å². The molecular formula is C66H76N12O8S2. The first-order valence-corrected chi connectivity index (χ1v) is 32.0. The number of aromatic amines is 3. The second-order valence-electron chi connectivity index (χ2n) is 24.2. The van der Waals surface area contributed by atoms with Crippen LogP contribution in [-0.4, -0.2) is 137 Å². The number of imidazole rings is 3. The van der Waals surface area contributed by atoms with Crippen molar-refractivity contribution in [2.24, 2.45) is 17.8 Å². The third-order valence-corrected chi connectivity index (χ3v) is 19.7. The van der Waals surface area contributed by atoms with E-state index in [-0.39, 0.29) is 59.5 Å². The number of methoxy groups -OCH3 is 1. The fourth-order valence-electron chi connectivity index (χ4n) is 12.5. The van der Waals surface area contributed by atoms with Gasteiger partial charge in [0.1, 0.15) is 42.2 Å². The average Bonchev–Trinajstić information content (AvgIpc) is 1.70. The van der Waals surface area contributed by atoms with Crippen LogP contribution in [0.2, 0.25) is 0 Å². The van der Waals surface area contributed by atoms with E-state index in [1.165, 1.54) is 14.0 Å². The second-order valence-corrected chi connectivity index (χ2v) is 26.3. The lowest BCUT2D eigenvalue weighted by Gasteiger charge is -2.30. The number of hydrogen-bond acceptors (Lipinski definition) is 13. The predicted molar refractivity (Wildman–Crippen MR) is 340 cm³/mol. The minimum absolute atomic E-state index is 0.0696. The molecule has 0 radical (unpaired) electrons. The molecule has 3 saturated heterocycles. The molecule has 7 N–H and O–H groups in total. The Bertz CT molecular complexity index is 3840. The number of nitrogens with one attached hydrogen (secondary N) is 6. The van der Waals surface area contributed by atoms with E-state index in [2.05, 4.69) is 110 Å². The van der Waals surface area contributed by atoms with Crippen LogP contribution >= 0.6 is 22.7 Å². The van der Waals surface area contributed by atoms with Gasteiger partial charge < -0.3 is 55.4 Å². The number of carbonyl (C=O) groups excluding carboxylic acids is 6. The highest BCUT2D eigenvalue weighted by molar-refractivity contribution is 7.32. The number of fused-ring (bicyclic) bond motifs is 1. The van der Waals surface area contributed by atoms with Gasteiger partial charge in [0.05, 0.1) is 59.4 Å². The highest BCUT2D eigenvalue weighted by Gasteiger charge is 2.40. The Hall–Kier alpha value is -8.47. The van der Waals surface area contributed by atoms with Gasteiger partial charge in [0.25, 0.3) is 0 Å². The van der Waals surface area contributed by atoms with Gasteiger partial charge in [-0.1, -0.05) is 114 Å². The van der Waals surface area contributed by atoms with Crippen molar-refractivity contribution in [3.63, 3.8) is 0 Å². The van der Waals surface area contributed by atoms with Crippen molar-refractivity contribution in [3.8, 4) is 65.8 Å². The fraction of sp³-hybridized carbons (Fsp3) is 0.409. The van der Waals surface area contributed by atoms with Crippen molar-refractivity contribution >= 4 is 67.7 Å². The van der Waals surface area contributed by atoms with Gasteiger partial charge in [-0.2, -0.15) is 0 Å². The summed E-state index contributed by atoms with van der Waals surface area (Å²) in [5, 5.41) is 17.7. The predicted octanol–water partition coefficient (Wildman–Crippen LogP) is 10.8. The first-order chi connectivity index (χ1) is 42.4. The van der Waals surface area contributed by atoms with Crippen molar-refractivity contribution in [3.05, 3.63) is 115 Å². The Morgan fingerprint density at radius 3 is 1.55 bits per heavy atom. The number of benzene rings is 3. The summed E-state index contributed by atoms with van der Waals surface area (Å²) in [5.74, 6) is 0.450. The van der Waals surface area contributed by atoms with E-state index in [9.17, 15) is 33.9 Å². The third kappa shape index (κ3) is 12.5. The smallest absolute Gasteiger partial charge is 0.407 e. The fourth-order valence-corrected chi connectivity index (χ4v) is 15.2. The monoisotopic (exact) mass is 1230 g/mol. The molecule has 0 aliphatic carbocycles. The Kier molecular flexibility index (Phi) is 18.1. The van der Waals surface area contributed by atoms with Crippen LogP contribution in [0.4, 0.5) is 4.79 Å². The molecule has 5 aromatic heterocycles. The van der Waals surface area contributed by atoms with E-state index < -0.39 is 36.7 Å². The SMILES string of the molecule is COC(=O)N[C@H](C(=O)N1CCCC1c1ncc(-c2ccc(-c3c(-c4ccc(-c5c[nH]c(C6CCCN6C(=O)[C@@H](NC(C)=O)C(C)C)n5)cc4)sc4cc(-c5ccc(-c6cnc([C@@H]7CCCN7C(=O)[C@@H](NC(=O)CO)C(C)C)[nH]6)cc5)sc34)cc2)[nH]1)C(C)C. The minimum Gasteiger partial charge on any atom is -0.453 e. The molecule has 11 rings (SSSR count). The van der Waals surface area contributed by atoms with Crippen molar-refractivity contribution in [2.75, 3.05) is 33.4 Å². The molecule has 3 aliphatic rings. The zero-order valence-electron chi connectivity index (χ0n) is 50.8. The average molecular weight is 1230 g/mol. The Morgan fingerprint density at radius 2 is 1.06 bits per heavy atom. The summed E-state index contributed by atoms with van der Waals surface area (Å²) in [6.45, 7) is 13.9. The molecule has 6 atom stereocenters. The van der Waals surface area contributed by atoms with Gasteiger partial charge in [-0.3, -0.25) is 24.0 Å². The molecule has 3 fully saturated rings. The van der Waals surface area contributed by atoms with Crippen LogP contribution in [-0.2, 0) is 28.7 Å². The number of rotatable bonds is 19. The number of H-pyrrole nitrogens is 3. The molecule has 8 heterocycles. The summed E-state index contributed by atoms with van der Waals surface area (Å²) in [4.78, 5) is 111. The molecule has 22 heteroatoms. The molecule has 88 heavy (non-hydrogen) atoms. The van der Waals surface area contributed by atoms with E-state index in [1.54, 1.807) is 33.8 Å². The zero-order chi connectivity index (χ0) is 62.1. The number of amides is 6. The van der Waals surface area contributed by atoms with E-state index in [0.29, 0.717) is 31.3 Å². The summed E-state index contributed by atoms with van der Waals surface area (Å²) >= 11 is 3.49. The lowest BCUT2D eigenvalue weighted by molar-refractivity contribution is -0.139. The summed E-state index contributed by atoms with van der Waals surface area (Å²) < 4.78 is 7.14. The van der Waals surface area contributed by atoms with Crippen LogP contribution in [0.1, 0.15) is 123 Å². The maximum absolute atomic E-state index is 13.9. The number of nitrogens with zero attached hydrogens (tertiary/aromatic N) is 6. The molecule has 20 nitrogen and oxygen atoms in total. The Morgan fingerprint density at radius 1 is 0.602 bits per heavy atom. The first-order valence-electron chi connectivity index (χ1n) is 30.4. The van der Waals surface area contributed by atoms with Gasteiger partial charge in [0.15, 0.2) is 0 Å². The van der Waals surface area contributed by atoms with Crippen LogP contribution < -0.4 is 16.0 Å². The number of hydrogen-bond donors (Lipinski definition) is 7. The Labute approximate surface area is 519 Å². The maximum Gasteiger partial charge on any atom is 0.407 e. The number of ether oxygens (including phenoxy) is 1. The van der Waals surface area contributed by atoms with E-state index in [0.717, 1.165) is 120 Å². The van der Waals surface area contributed by atoms with Crippen molar-refractivity contribution < 1.29 is 38.6 Å². The lowest BCUT2D eigenvalue weighted by atomic mass is 9.99. The summed E-state index contributed by atoms with van der Waals surface area (Å²) in [6, 6.07) is 24.8. The molecular weight excluding hydrogens is 1150 g/mol. The van der Waals surface area contributed by atoms with E-state index >= 15 is 0 Å². The molecule has 0 spiro atoms. The van der Waals surface area contributed by atoms with Crippen molar-refractivity contribution in [1.82, 2.24) is 60.6 Å². The standard InChI is InChI=1S/C66H76N12O8S2/c1-35(2)55(70-38(7)80)63(82)76-27-9-12-48(76)60-69-33-47(73-60)41-19-25-44(26-20-41)58-54(43-23-17-40(18-24-43)46-32-68-62(72-46)50-14-11-29-78(50)65(84)57(37(5)6)75-66(85)86-8)59-52(88-58)30-51(87-59)42-21-15-39(16-22-42)45-31-67-61(71-45)49-13-10-28-77(49)64(83)56(36(3)4)74-53(81)34-79/h15-26,30-33,35-37,48-50,55-57,79H,9-14,27-29,34H2,1-8H3,(H,67,71)(H,68,72)(H,69,73)(H,70,80)(H,74,81)(H,75,85)/t48?,49-,50?,55-,56-,57-/m0/s1. The topological polar surface area (TPSA) is 264 Å². The normalized spacial score (nSPS) is 18.0. The van der Waals surface area contributed by atoms with Gasteiger partial charge in [-0.25, -0.2) is 19.7 Å². The second kappa shape index (κ2) is 26.1. The van der Waals surface area contributed by atoms with Gasteiger partial charge >= 0.3 is 6.09 Å². The molecule has 0 bridgehead atoms. The van der Waals surface area contributed by atoms with Gasteiger partial charge in [-0.15, -0.1) is 22.7 Å². The van der Waals surface area contributed by atoms with Gasteiger partial charge in [0.2, 0.25) is 29.5 Å². The molecule has 0 saturated carbocycles. The highest BCUT2D eigenvalue weighted by Crippen LogP contribution is 2.51. The summed E-state index contributed by atoms with van der Waals surface area (Å²) in [6.07, 6.45) is 9.57. The van der Waals surface area contributed by atoms with Crippen molar-refractivity contribution in [1.29, 1.82) is 0 Å². The molecule has 6 amide bonds. The molecule has 460 valence electrons. The number of aliphatic hydroxyl groups is 1. The first kappa shape index (κ1) is 61.2. The Balaban J connectivity index is 0.870. The number of aliphatic hydroxyl groups excluding tert-OH is 1. The van der Waals surface area contributed by atoms with Crippen LogP contribution in [0.15, 0.2) is 97.5 Å². The van der Waals surface area contributed by atoms with E-state index in [4.69, 9.17) is 19.7 Å². The summed E-state index contributed by atoms with van der Waals surface area (Å²) in [5.41, 5.74) is 9.52. The van der Waals surface area contributed by atoms with Crippen LogP contribution in [0, 0.1) is 17.8 Å². The molecule has 8 aromatic rings. The number of likely N-dealkylation sites (tertiary alicyclic amines) is 3. The minimum atomic E-state index is -0.757. The number of alkyl carbamates (subject to hydrolysis) is 1. The lowest BCUT2D eigenvalue weighted by Crippen LogP contribution is -2.51. The number of aromatic nitrogens is 6.